The highest BCUT2D eigenvalue weighted by atomic mass is 32.2. The average Bonchev–Trinajstić information content (AvgIpc) is 2.78. The van der Waals surface area contributed by atoms with E-state index >= 15 is 0 Å². The van der Waals surface area contributed by atoms with E-state index in [1.165, 1.54) is 12.3 Å². The minimum Gasteiger partial charge on any atom is -0.389 e. The van der Waals surface area contributed by atoms with Gasteiger partial charge in [-0.15, -0.1) is 11.8 Å². The van der Waals surface area contributed by atoms with Gasteiger partial charge in [-0.1, -0.05) is 0 Å². The summed E-state index contributed by atoms with van der Waals surface area (Å²) in [5.74, 6) is -0.0755. The predicted molar refractivity (Wildman–Crippen MR) is 95.2 cm³/mol. The molecule has 8 N–H and O–H groups in total. The van der Waals surface area contributed by atoms with Gasteiger partial charge in [-0.05, 0) is 6.07 Å². The van der Waals surface area contributed by atoms with Gasteiger partial charge in [-0.25, -0.2) is 18.5 Å². The molecule has 166 valence electrons. The molecule has 1 saturated heterocycles. The maximum Gasteiger partial charge on any atom is 0.490 e. The molecular formula is C9H16N3O13P3S. The lowest BCUT2D eigenvalue weighted by Crippen LogP contribution is -2.36. The number of aliphatic hydroxyl groups is 2. The van der Waals surface area contributed by atoms with Crippen molar-refractivity contribution in [3.8, 4) is 0 Å². The molecule has 1 aromatic rings. The van der Waals surface area contributed by atoms with E-state index in [4.69, 9.17) is 20.4 Å². The third-order valence-corrected chi connectivity index (χ3v) is 8.63. The summed E-state index contributed by atoms with van der Waals surface area (Å²) in [7, 11) is -16.6. The van der Waals surface area contributed by atoms with Gasteiger partial charge >= 0.3 is 29.2 Å². The van der Waals surface area contributed by atoms with Gasteiger partial charge in [0.2, 0.25) is 0 Å². The van der Waals surface area contributed by atoms with E-state index in [0.29, 0.717) is 0 Å². The van der Waals surface area contributed by atoms with Gasteiger partial charge in [0.25, 0.3) is 0 Å². The normalized spacial score (nSPS) is 29.3. The minimum atomic E-state index is -5.68. The SMILES string of the molecule is Nc1ccn([C@@H]2S[C@H](COP(=O)(O)OP(=O)(O)OP(=O)(O)O)[C@@H](O)[C@H]2O)c(=O)n1. The highest BCUT2D eigenvalue weighted by Crippen LogP contribution is 2.66. The van der Waals surface area contributed by atoms with Gasteiger partial charge in [0.05, 0.1) is 18.0 Å². The van der Waals surface area contributed by atoms with Gasteiger partial charge in [0.1, 0.15) is 17.3 Å². The maximum atomic E-state index is 11.9. The molecule has 1 fully saturated rings. The van der Waals surface area contributed by atoms with Crippen molar-refractivity contribution in [2.75, 3.05) is 12.3 Å². The number of nitrogens with two attached hydrogens (primary N) is 1. The lowest BCUT2D eigenvalue weighted by Gasteiger charge is -2.19. The zero-order valence-electron chi connectivity index (χ0n) is 13.9. The van der Waals surface area contributed by atoms with Gasteiger partial charge in [-0.2, -0.15) is 13.6 Å². The molecule has 0 amide bonds. The smallest absolute Gasteiger partial charge is 0.389 e. The molecular weight excluding hydrogens is 483 g/mol. The van der Waals surface area contributed by atoms with Crippen molar-refractivity contribution in [2.24, 2.45) is 0 Å². The first-order chi connectivity index (χ1) is 13.1. The second-order valence-electron chi connectivity index (χ2n) is 5.48. The van der Waals surface area contributed by atoms with E-state index in [9.17, 15) is 33.6 Å². The van der Waals surface area contributed by atoms with Crippen LogP contribution in [0.3, 0.4) is 0 Å². The molecule has 0 aromatic carbocycles. The Morgan fingerprint density at radius 3 is 2.28 bits per heavy atom. The van der Waals surface area contributed by atoms with Crippen LogP contribution in [0.4, 0.5) is 5.82 Å². The van der Waals surface area contributed by atoms with Gasteiger partial charge < -0.3 is 35.5 Å². The van der Waals surface area contributed by atoms with Crippen molar-refractivity contribution in [3.63, 3.8) is 0 Å². The molecule has 0 spiro atoms. The van der Waals surface area contributed by atoms with Crippen molar-refractivity contribution < 1.29 is 56.6 Å². The average molecular weight is 499 g/mol. The summed E-state index contributed by atoms with van der Waals surface area (Å²) in [6.45, 7) is -0.833. The quantitative estimate of drug-likeness (QED) is 0.201. The van der Waals surface area contributed by atoms with Crippen LogP contribution in [0.15, 0.2) is 17.1 Å². The van der Waals surface area contributed by atoms with Crippen LogP contribution in [0.2, 0.25) is 0 Å². The molecule has 16 nitrogen and oxygen atoms in total. The number of phosphoric ester groups is 1. The number of nitrogen functional groups attached to an aromatic ring is 1. The highest BCUT2D eigenvalue weighted by molar-refractivity contribution is 8.00. The van der Waals surface area contributed by atoms with Gasteiger partial charge in [-0.3, -0.25) is 9.09 Å². The summed E-state index contributed by atoms with van der Waals surface area (Å²) in [4.78, 5) is 50.7. The first-order valence-corrected chi connectivity index (χ1v) is 12.7. The number of hydrogen-bond donors (Lipinski definition) is 7. The van der Waals surface area contributed by atoms with Crippen molar-refractivity contribution >= 4 is 41.0 Å². The van der Waals surface area contributed by atoms with Crippen LogP contribution in [0.5, 0.6) is 0 Å². The van der Waals surface area contributed by atoms with Crippen molar-refractivity contribution in [2.45, 2.75) is 22.8 Å². The number of phosphoric acid groups is 3. The molecule has 6 atom stereocenters. The number of anilines is 1. The van der Waals surface area contributed by atoms with Crippen LogP contribution in [0.1, 0.15) is 5.37 Å². The third-order valence-electron chi connectivity index (χ3n) is 3.28. The van der Waals surface area contributed by atoms with Crippen LogP contribution < -0.4 is 11.4 Å². The van der Waals surface area contributed by atoms with E-state index in [0.717, 1.165) is 16.3 Å². The van der Waals surface area contributed by atoms with Crippen molar-refractivity contribution in [1.29, 1.82) is 0 Å². The molecule has 2 rings (SSSR count). The fraction of sp³-hybridized carbons (Fsp3) is 0.556. The topological polar surface area (TPSA) is 261 Å². The minimum absolute atomic E-state index is 0.0755. The Labute approximate surface area is 165 Å². The van der Waals surface area contributed by atoms with Gasteiger partial charge in [0.15, 0.2) is 0 Å². The van der Waals surface area contributed by atoms with Crippen LogP contribution in [0.25, 0.3) is 0 Å². The van der Waals surface area contributed by atoms with Crippen molar-refractivity contribution in [1.82, 2.24) is 9.55 Å². The Kier molecular flexibility index (Phi) is 7.51. The van der Waals surface area contributed by atoms with Crippen LogP contribution >= 0.6 is 35.2 Å². The first-order valence-electron chi connectivity index (χ1n) is 7.25. The lowest BCUT2D eigenvalue weighted by atomic mass is 10.1. The predicted octanol–water partition coefficient (Wildman–Crippen LogP) is -1.50. The first kappa shape index (κ1) is 24.6. The second-order valence-corrected chi connectivity index (χ2v) is 11.3. The Hall–Kier alpha value is -0.640. The summed E-state index contributed by atoms with van der Waals surface area (Å²) in [6.07, 6.45) is -1.89. The fourth-order valence-electron chi connectivity index (χ4n) is 2.19. The van der Waals surface area contributed by atoms with E-state index in [1.807, 2.05) is 0 Å². The summed E-state index contributed by atoms with van der Waals surface area (Å²) in [6, 6.07) is 1.26. The lowest BCUT2D eigenvalue weighted by molar-refractivity contribution is 0.00998. The molecule has 1 aromatic heterocycles. The Morgan fingerprint density at radius 1 is 1.10 bits per heavy atom. The number of aliphatic hydroxyl groups excluding tert-OH is 2. The van der Waals surface area contributed by atoms with Crippen LogP contribution in [-0.2, 0) is 26.8 Å². The number of hydrogen-bond acceptors (Lipinski definition) is 12. The number of nitrogens with zero attached hydrogens (tertiary/aromatic N) is 2. The molecule has 0 saturated carbocycles. The Morgan fingerprint density at radius 2 is 1.72 bits per heavy atom. The number of aromatic nitrogens is 2. The second kappa shape index (κ2) is 8.85. The maximum absolute atomic E-state index is 11.9. The zero-order chi connectivity index (χ0) is 22.2. The highest BCUT2D eigenvalue weighted by Gasteiger charge is 2.46. The summed E-state index contributed by atoms with van der Waals surface area (Å²) in [5, 5.41) is 18.0. The monoisotopic (exact) mass is 499 g/mol. The van der Waals surface area contributed by atoms with E-state index in [2.05, 4.69) is 18.1 Å². The molecule has 29 heavy (non-hydrogen) atoms. The largest absolute Gasteiger partial charge is 0.490 e. The fourth-order valence-corrected chi connectivity index (χ4v) is 6.77. The molecule has 0 bridgehead atoms. The van der Waals surface area contributed by atoms with E-state index < -0.39 is 58.6 Å². The van der Waals surface area contributed by atoms with E-state index in [1.54, 1.807) is 0 Å². The molecule has 0 aliphatic carbocycles. The number of rotatable bonds is 8. The third kappa shape index (κ3) is 6.94. The van der Waals surface area contributed by atoms with Crippen LogP contribution in [0, 0.1) is 0 Å². The standard InChI is InChI=1S/C9H16N3O13P3S/c10-5-1-2-12(9(15)11-5)8-7(14)6(13)4(29-8)3-23-27(19,20)25-28(21,22)24-26(16,17)18/h1-2,4,6-8,13-14H,3H2,(H,19,20)(H,21,22)(H2,10,11,15)(H2,16,17,18)/t4-,6-,7-,8-/m1/s1. The molecule has 20 heteroatoms. The molecule has 1 aliphatic rings. The summed E-state index contributed by atoms with van der Waals surface area (Å²) >= 11 is 0.751. The zero-order valence-corrected chi connectivity index (χ0v) is 17.4. The van der Waals surface area contributed by atoms with Crippen LogP contribution in [-0.4, -0.2) is 63.4 Å². The Bertz CT molecular complexity index is 951. The summed E-state index contributed by atoms with van der Waals surface area (Å²) < 4.78 is 46.0. The van der Waals surface area contributed by atoms with Gasteiger partial charge in [0, 0.05) is 6.20 Å². The molecule has 2 unspecified atom stereocenters. The number of thioether (sulfide) groups is 1. The summed E-state index contributed by atoms with van der Waals surface area (Å²) in [5.41, 5.74) is 4.53. The molecule has 2 heterocycles. The van der Waals surface area contributed by atoms with Crippen molar-refractivity contribution in [3.05, 3.63) is 22.7 Å². The van der Waals surface area contributed by atoms with E-state index in [-0.39, 0.29) is 5.82 Å². The molecule has 1 aliphatic heterocycles. The molecule has 0 radical (unpaired) electrons. The Balaban J connectivity index is 2.05.